The van der Waals surface area contributed by atoms with Crippen LogP contribution in [0.2, 0.25) is 0 Å². The van der Waals surface area contributed by atoms with Crippen molar-refractivity contribution in [3.8, 4) is 0 Å². The zero-order chi connectivity index (χ0) is 72.5. The van der Waals surface area contributed by atoms with Gasteiger partial charge in [-0.25, -0.2) is 4.57 Å². The lowest BCUT2D eigenvalue weighted by atomic mass is 10.0. The third-order valence-corrected chi connectivity index (χ3v) is 22.3. The minimum atomic E-state index is -4.39. The van der Waals surface area contributed by atoms with Gasteiger partial charge in [0.1, 0.15) is 19.8 Å². The van der Waals surface area contributed by atoms with Crippen LogP contribution in [0.3, 0.4) is 0 Å². The summed E-state index contributed by atoms with van der Waals surface area (Å²) in [5.41, 5.74) is 0. The highest BCUT2D eigenvalue weighted by atomic mass is 31.2. The molecule has 0 aliphatic rings. The van der Waals surface area contributed by atoms with Gasteiger partial charge in [0.25, 0.3) is 0 Å². The van der Waals surface area contributed by atoms with Crippen LogP contribution < -0.4 is 0 Å². The van der Waals surface area contributed by atoms with E-state index in [1.807, 2.05) is 21.1 Å². The fourth-order valence-corrected chi connectivity index (χ4v) is 15.1. The lowest BCUT2D eigenvalue weighted by molar-refractivity contribution is -0.870. The largest absolute Gasteiger partial charge is 0.472 e. The number of hydrogen-bond donors (Lipinski definition) is 1. The molecule has 0 heterocycles. The van der Waals surface area contributed by atoms with E-state index in [2.05, 4.69) is 26.0 Å². The molecular weight excluding hydrogens is 1250 g/mol. The minimum absolute atomic E-state index is 0.0372. The van der Waals surface area contributed by atoms with Gasteiger partial charge in [0.05, 0.1) is 27.7 Å². The first-order chi connectivity index (χ1) is 49.0. The Morgan fingerprint density at radius 2 is 0.510 bits per heavy atom. The van der Waals surface area contributed by atoms with Crippen LogP contribution in [-0.2, 0) is 32.7 Å². The lowest BCUT2D eigenvalue weighted by Crippen LogP contribution is -2.37. The Bertz CT molecular complexity index is 1690. The van der Waals surface area contributed by atoms with Crippen molar-refractivity contribution in [1.29, 1.82) is 0 Å². The first-order valence-electron chi connectivity index (χ1n) is 45.4. The molecule has 1 N–H and O–H groups in total. The summed E-state index contributed by atoms with van der Waals surface area (Å²) >= 11 is 0. The molecule has 0 spiro atoms. The molecule has 596 valence electrons. The van der Waals surface area contributed by atoms with E-state index in [-0.39, 0.29) is 25.6 Å². The summed E-state index contributed by atoms with van der Waals surface area (Å²) in [5.74, 6) is -0.763. The van der Waals surface area contributed by atoms with Gasteiger partial charge in [-0.15, -0.1) is 0 Å². The SMILES string of the molecule is CCCCCCCCCC/C=C\CCCCCCCCCCCCCCCCCCCCCCCCCCCC(=O)OC(COC(=O)CCCCCCCCCCCCCCCCCCCCCCCCCCCCCCCCCCCCCCCCC)COP(=O)(O)OCC[N+](C)(C)C. The van der Waals surface area contributed by atoms with Crippen molar-refractivity contribution in [2.75, 3.05) is 47.5 Å². The number of nitrogens with zero attached hydrogens (tertiary/aromatic N) is 1. The smallest absolute Gasteiger partial charge is 0.462 e. The van der Waals surface area contributed by atoms with Crippen molar-refractivity contribution in [3.63, 3.8) is 0 Å². The number of carbonyl (C=O) groups is 2. The number of allylic oxidation sites excluding steroid dienone is 2. The third kappa shape index (κ3) is 85.7. The number of ether oxygens (including phenoxy) is 2. The summed E-state index contributed by atoms with van der Waals surface area (Å²) in [6, 6.07) is 0. The van der Waals surface area contributed by atoms with E-state index < -0.39 is 26.5 Å². The number of phosphoric acid groups is 1. The van der Waals surface area contributed by atoms with Crippen molar-refractivity contribution in [1.82, 2.24) is 0 Å². The van der Waals surface area contributed by atoms with Gasteiger partial charge in [-0.3, -0.25) is 18.6 Å². The normalized spacial score (nSPS) is 12.9. The first kappa shape index (κ1) is 98.8. The van der Waals surface area contributed by atoms with Gasteiger partial charge in [0, 0.05) is 12.8 Å². The van der Waals surface area contributed by atoms with Crippen LogP contribution in [0.5, 0.6) is 0 Å². The molecular formula is C90H179NO8P+. The predicted octanol–water partition coefficient (Wildman–Crippen LogP) is 30.5. The van der Waals surface area contributed by atoms with Gasteiger partial charge < -0.3 is 18.9 Å². The second-order valence-corrected chi connectivity index (χ2v) is 34.2. The van der Waals surface area contributed by atoms with Gasteiger partial charge >= 0.3 is 19.8 Å². The predicted molar refractivity (Wildman–Crippen MR) is 437 cm³/mol. The minimum Gasteiger partial charge on any atom is -0.462 e. The lowest BCUT2D eigenvalue weighted by Gasteiger charge is -2.24. The van der Waals surface area contributed by atoms with Gasteiger partial charge in [0.2, 0.25) is 0 Å². The summed E-state index contributed by atoms with van der Waals surface area (Å²) in [6.07, 6.45) is 106. The molecule has 0 aromatic heterocycles. The van der Waals surface area contributed by atoms with Gasteiger partial charge in [0.15, 0.2) is 6.10 Å². The molecule has 0 fully saturated rings. The average Bonchev–Trinajstić information content (AvgIpc) is 1.02. The number of hydrogen-bond acceptors (Lipinski definition) is 7. The fraction of sp³-hybridized carbons (Fsp3) is 0.956. The Kier molecular flexibility index (Phi) is 80.8. The summed E-state index contributed by atoms with van der Waals surface area (Å²) in [5, 5.41) is 0. The molecule has 0 radical (unpaired) electrons. The fourth-order valence-electron chi connectivity index (χ4n) is 14.4. The molecule has 0 aromatic carbocycles. The molecule has 0 saturated heterocycles. The number of esters is 2. The number of unbranched alkanes of at least 4 members (excludes halogenated alkanes) is 71. The summed E-state index contributed by atoms with van der Waals surface area (Å²) in [4.78, 5) is 36.1. The highest BCUT2D eigenvalue weighted by Crippen LogP contribution is 2.43. The van der Waals surface area contributed by atoms with Crippen LogP contribution in [0.4, 0.5) is 0 Å². The van der Waals surface area contributed by atoms with Gasteiger partial charge in [-0.1, -0.05) is 463 Å². The van der Waals surface area contributed by atoms with E-state index in [1.54, 1.807) is 0 Å². The second kappa shape index (κ2) is 81.8. The van der Waals surface area contributed by atoms with Crippen LogP contribution in [0.1, 0.15) is 502 Å². The van der Waals surface area contributed by atoms with Crippen LogP contribution >= 0.6 is 7.82 Å². The Labute approximate surface area is 626 Å². The quantitative estimate of drug-likeness (QED) is 0.0211. The Hall–Kier alpha value is -1.25. The zero-order valence-corrected chi connectivity index (χ0v) is 69.4. The molecule has 0 aromatic rings. The molecule has 0 aliphatic carbocycles. The van der Waals surface area contributed by atoms with Crippen molar-refractivity contribution in [2.45, 2.75) is 508 Å². The Morgan fingerprint density at radius 3 is 0.740 bits per heavy atom. The highest BCUT2D eigenvalue weighted by Gasteiger charge is 2.27. The Morgan fingerprint density at radius 1 is 0.300 bits per heavy atom. The van der Waals surface area contributed by atoms with E-state index >= 15 is 0 Å². The highest BCUT2D eigenvalue weighted by molar-refractivity contribution is 7.47. The van der Waals surface area contributed by atoms with E-state index in [9.17, 15) is 19.0 Å². The number of phosphoric ester groups is 1. The molecule has 0 amide bonds. The molecule has 2 atom stereocenters. The third-order valence-electron chi connectivity index (χ3n) is 21.3. The van der Waals surface area contributed by atoms with Crippen molar-refractivity contribution in [3.05, 3.63) is 12.2 Å². The van der Waals surface area contributed by atoms with Crippen molar-refractivity contribution < 1.29 is 42.1 Å². The van der Waals surface area contributed by atoms with Crippen molar-refractivity contribution >= 4 is 19.8 Å². The summed E-state index contributed by atoms with van der Waals surface area (Å²) in [6.45, 7) is 4.54. The molecule has 0 bridgehead atoms. The summed E-state index contributed by atoms with van der Waals surface area (Å²) in [7, 11) is 1.51. The number of rotatable bonds is 87. The number of likely N-dealkylation sites (N-methyl/N-ethyl adjacent to an activating group) is 1. The van der Waals surface area contributed by atoms with Crippen molar-refractivity contribution in [2.24, 2.45) is 0 Å². The molecule has 10 heteroatoms. The maximum Gasteiger partial charge on any atom is 0.472 e. The molecule has 100 heavy (non-hydrogen) atoms. The standard InChI is InChI=1S/C90H178NO8P/c1-6-8-10-12-14-16-18-20-22-24-26-28-30-32-34-36-38-40-42-44-45-47-48-50-52-54-56-58-60-62-64-66-68-70-72-74-76-78-80-82-89(92)96-86-88(87-98-100(94,95)97-85-84-91(3,4)5)99-90(93)83-81-79-77-75-73-71-69-67-65-63-61-59-57-55-53-51-49-46-43-41-39-37-35-33-31-29-27-25-23-21-19-17-15-13-11-9-7-2/h25,27,88H,6-24,26,28-87H2,1-5H3/p+1/b27-25-. The molecule has 0 saturated carbocycles. The van der Waals surface area contributed by atoms with Gasteiger partial charge in [-0.05, 0) is 38.5 Å². The Balaban J connectivity index is 3.82. The monoisotopic (exact) mass is 1430 g/mol. The molecule has 0 rings (SSSR count). The molecule has 0 aliphatic heterocycles. The number of carbonyl (C=O) groups excluding carboxylic acids is 2. The van der Waals surface area contributed by atoms with E-state index in [0.717, 1.165) is 38.5 Å². The van der Waals surface area contributed by atoms with Gasteiger partial charge in [-0.2, -0.15) is 0 Å². The number of quaternary nitrogens is 1. The van der Waals surface area contributed by atoms with E-state index in [0.29, 0.717) is 17.4 Å². The topological polar surface area (TPSA) is 108 Å². The molecule has 9 nitrogen and oxygen atoms in total. The maximum absolute atomic E-state index is 12.9. The van der Waals surface area contributed by atoms with E-state index in [1.165, 1.54) is 437 Å². The van der Waals surface area contributed by atoms with Crippen LogP contribution in [0, 0.1) is 0 Å². The van der Waals surface area contributed by atoms with E-state index in [4.69, 9.17) is 18.5 Å². The second-order valence-electron chi connectivity index (χ2n) is 32.7. The van der Waals surface area contributed by atoms with Crippen LogP contribution in [0.15, 0.2) is 12.2 Å². The first-order valence-corrected chi connectivity index (χ1v) is 46.9. The van der Waals surface area contributed by atoms with Crippen LogP contribution in [-0.4, -0.2) is 74.9 Å². The maximum atomic E-state index is 12.9. The molecule has 2 unspecified atom stereocenters. The van der Waals surface area contributed by atoms with Crippen LogP contribution in [0.25, 0.3) is 0 Å². The average molecular weight is 1430 g/mol. The summed E-state index contributed by atoms with van der Waals surface area (Å²) < 4.78 is 34.9. The zero-order valence-electron chi connectivity index (χ0n) is 68.5.